The van der Waals surface area contributed by atoms with Gasteiger partial charge in [-0.15, -0.1) is 0 Å². The zero-order valence-corrected chi connectivity index (χ0v) is 12.4. The highest BCUT2D eigenvalue weighted by Gasteiger charge is 2.31. The van der Waals surface area contributed by atoms with Crippen molar-refractivity contribution in [1.82, 2.24) is 0 Å². The molecule has 1 amide bonds. The average Bonchev–Trinajstić information content (AvgIpc) is 2.70. The Labute approximate surface area is 122 Å². The third-order valence-electron chi connectivity index (χ3n) is 2.87. The number of amides is 1. The largest absolute Gasteiger partial charge is 0.375 e. The van der Waals surface area contributed by atoms with Gasteiger partial charge in [-0.2, -0.15) is 0 Å². The number of hydrogen-bond acceptors (Lipinski definition) is 4. The molecule has 0 spiro atoms. The maximum absolute atomic E-state index is 12.2. The van der Waals surface area contributed by atoms with Crippen molar-refractivity contribution in [3.63, 3.8) is 0 Å². The van der Waals surface area contributed by atoms with Crippen LogP contribution in [0.4, 0.5) is 5.69 Å². The summed E-state index contributed by atoms with van der Waals surface area (Å²) >= 11 is 5.93. The third-order valence-corrected chi connectivity index (χ3v) is 4.48. The number of carbonyl (C=O) groups excluding carboxylic acids is 1. The molecule has 0 saturated carbocycles. The zero-order valence-electron chi connectivity index (χ0n) is 10.8. The van der Waals surface area contributed by atoms with Gasteiger partial charge in [0.1, 0.15) is 6.61 Å². The number of rotatable bonds is 4. The van der Waals surface area contributed by atoms with Gasteiger partial charge in [-0.25, -0.2) is 8.42 Å². The standard InChI is InChI=1S/C13H14ClNO4S/c1-19-8-13(16)15(11-4-2-3-10(14)7-11)12-5-6-20(17,18)9-12/h2-7,12H,8-9H2,1H3/t12-/m0/s1. The average molecular weight is 316 g/mol. The summed E-state index contributed by atoms with van der Waals surface area (Å²) in [5.74, 6) is -0.448. The van der Waals surface area contributed by atoms with Crippen LogP contribution in [-0.2, 0) is 19.4 Å². The monoisotopic (exact) mass is 315 g/mol. The van der Waals surface area contributed by atoms with Gasteiger partial charge in [-0.3, -0.25) is 4.79 Å². The quantitative estimate of drug-likeness (QED) is 0.847. The van der Waals surface area contributed by atoms with E-state index in [1.54, 1.807) is 24.3 Å². The van der Waals surface area contributed by atoms with E-state index in [-0.39, 0.29) is 18.3 Å². The normalized spacial score (nSPS) is 20.0. The van der Waals surface area contributed by atoms with E-state index in [1.807, 2.05) is 0 Å². The Hall–Kier alpha value is -1.37. The summed E-state index contributed by atoms with van der Waals surface area (Å²) < 4.78 is 27.9. The molecule has 5 nitrogen and oxygen atoms in total. The van der Waals surface area contributed by atoms with E-state index < -0.39 is 15.9 Å². The minimum atomic E-state index is -3.26. The number of nitrogens with zero attached hydrogens (tertiary/aromatic N) is 1. The van der Waals surface area contributed by atoms with E-state index in [1.165, 1.54) is 18.1 Å². The smallest absolute Gasteiger partial charge is 0.253 e. The molecule has 1 heterocycles. The van der Waals surface area contributed by atoms with Gasteiger partial charge in [0.2, 0.25) is 0 Å². The van der Waals surface area contributed by atoms with Crippen LogP contribution in [0.3, 0.4) is 0 Å². The van der Waals surface area contributed by atoms with Gasteiger partial charge in [0.25, 0.3) is 5.91 Å². The number of ether oxygens (including phenoxy) is 1. The Morgan fingerprint density at radius 3 is 2.80 bits per heavy atom. The number of hydrogen-bond donors (Lipinski definition) is 0. The molecule has 2 rings (SSSR count). The zero-order chi connectivity index (χ0) is 14.8. The number of carbonyl (C=O) groups is 1. The number of halogens is 1. The van der Waals surface area contributed by atoms with Gasteiger partial charge in [-0.1, -0.05) is 17.7 Å². The highest BCUT2D eigenvalue weighted by Crippen LogP contribution is 2.25. The predicted octanol–water partition coefficient (Wildman–Crippen LogP) is 1.63. The molecular formula is C13H14ClNO4S. The maximum atomic E-state index is 12.2. The third kappa shape index (κ3) is 3.39. The first-order valence-corrected chi connectivity index (χ1v) is 8.00. The van der Waals surface area contributed by atoms with Gasteiger partial charge >= 0.3 is 0 Å². The van der Waals surface area contributed by atoms with Gasteiger partial charge < -0.3 is 9.64 Å². The molecule has 1 atom stereocenters. The molecule has 0 unspecified atom stereocenters. The Balaban J connectivity index is 2.36. The van der Waals surface area contributed by atoms with E-state index in [0.717, 1.165) is 5.41 Å². The maximum Gasteiger partial charge on any atom is 0.253 e. The van der Waals surface area contributed by atoms with E-state index in [0.29, 0.717) is 10.7 Å². The van der Waals surface area contributed by atoms with Crippen LogP contribution < -0.4 is 4.90 Å². The van der Waals surface area contributed by atoms with E-state index in [4.69, 9.17) is 16.3 Å². The second-order valence-corrected chi connectivity index (χ2v) is 6.77. The lowest BCUT2D eigenvalue weighted by atomic mass is 10.2. The minimum absolute atomic E-state index is 0.128. The molecular weight excluding hydrogens is 302 g/mol. The van der Waals surface area contributed by atoms with Gasteiger partial charge in [0, 0.05) is 23.2 Å². The first-order valence-electron chi connectivity index (χ1n) is 5.90. The van der Waals surface area contributed by atoms with Crippen molar-refractivity contribution < 1.29 is 17.9 Å². The second-order valence-electron chi connectivity index (χ2n) is 4.40. The molecule has 1 aliphatic heterocycles. The molecule has 1 aliphatic rings. The molecule has 20 heavy (non-hydrogen) atoms. The summed E-state index contributed by atoms with van der Waals surface area (Å²) in [4.78, 5) is 13.6. The summed E-state index contributed by atoms with van der Waals surface area (Å²) in [7, 11) is -1.84. The summed E-state index contributed by atoms with van der Waals surface area (Å²) in [5.41, 5.74) is 0.548. The van der Waals surface area contributed by atoms with Crippen molar-refractivity contribution in [2.75, 3.05) is 24.4 Å². The molecule has 0 saturated heterocycles. The molecule has 0 fully saturated rings. The Morgan fingerprint density at radius 2 is 2.25 bits per heavy atom. The van der Waals surface area contributed by atoms with Crippen LogP contribution in [0, 0.1) is 0 Å². The summed E-state index contributed by atoms with van der Waals surface area (Å²) in [5, 5.41) is 1.61. The van der Waals surface area contributed by atoms with Crippen LogP contribution in [0.2, 0.25) is 5.02 Å². The molecule has 0 aromatic heterocycles. The lowest BCUT2D eigenvalue weighted by Gasteiger charge is -2.27. The highest BCUT2D eigenvalue weighted by atomic mass is 35.5. The van der Waals surface area contributed by atoms with Crippen molar-refractivity contribution in [2.24, 2.45) is 0 Å². The lowest BCUT2D eigenvalue weighted by Crippen LogP contribution is -2.43. The molecule has 7 heteroatoms. The molecule has 1 aromatic carbocycles. The Morgan fingerprint density at radius 1 is 1.50 bits per heavy atom. The van der Waals surface area contributed by atoms with Crippen LogP contribution >= 0.6 is 11.6 Å². The second kappa shape index (κ2) is 5.95. The molecule has 0 aliphatic carbocycles. The number of benzene rings is 1. The fourth-order valence-electron chi connectivity index (χ4n) is 2.06. The van der Waals surface area contributed by atoms with Crippen LogP contribution in [0.15, 0.2) is 35.7 Å². The van der Waals surface area contributed by atoms with Crippen LogP contribution in [0.5, 0.6) is 0 Å². The van der Waals surface area contributed by atoms with E-state index in [9.17, 15) is 13.2 Å². The molecule has 108 valence electrons. The molecule has 0 bridgehead atoms. The van der Waals surface area contributed by atoms with Crippen molar-refractivity contribution in [3.05, 3.63) is 40.8 Å². The number of methoxy groups -OCH3 is 1. The van der Waals surface area contributed by atoms with Crippen LogP contribution in [0.1, 0.15) is 0 Å². The van der Waals surface area contributed by atoms with Crippen molar-refractivity contribution >= 4 is 33.0 Å². The lowest BCUT2D eigenvalue weighted by molar-refractivity contribution is -0.122. The highest BCUT2D eigenvalue weighted by molar-refractivity contribution is 7.94. The first-order chi connectivity index (χ1) is 9.43. The first kappa shape index (κ1) is 15.0. The SMILES string of the molecule is COCC(=O)N(c1cccc(Cl)c1)[C@H]1C=CS(=O)(=O)C1. The number of anilines is 1. The fourth-order valence-corrected chi connectivity index (χ4v) is 3.51. The Kier molecular flexibility index (Phi) is 4.47. The molecule has 1 aromatic rings. The predicted molar refractivity (Wildman–Crippen MR) is 77.5 cm³/mol. The van der Waals surface area contributed by atoms with Gasteiger partial charge in [0.15, 0.2) is 9.84 Å². The molecule has 0 N–H and O–H groups in total. The summed E-state index contributed by atoms with van der Waals surface area (Å²) in [6.45, 7) is -0.128. The minimum Gasteiger partial charge on any atom is -0.375 e. The van der Waals surface area contributed by atoms with Crippen molar-refractivity contribution in [1.29, 1.82) is 0 Å². The summed E-state index contributed by atoms with van der Waals surface area (Å²) in [6.07, 6.45) is 1.50. The summed E-state index contributed by atoms with van der Waals surface area (Å²) in [6, 6.07) is 6.18. The Bertz CT molecular complexity index is 642. The van der Waals surface area contributed by atoms with Gasteiger partial charge in [0.05, 0.1) is 11.8 Å². The van der Waals surface area contributed by atoms with E-state index in [2.05, 4.69) is 0 Å². The van der Waals surface area contributed by atoms with Crippen molar-refractivity contribution in [3.8, 4) is 0 Å². The van der Waals surface area contributed by atoms with Crippen molar-refractivity contribution in [2.45, 2.75) is 6.04 Å². The van der Waals surface area contributed by atoms with Crippen LogP contribution in [-0.4, -0.2) is 39.8 Å². The van der Waals surface area contributed by atoms with Gasteiger partial charge in [-0.05, 0) is 24.3 Å². The van der Waals surface area contributed by atoms with E-state index >= 15 is 0 Å². The molecule has 0 radical (unpaired) electrons. The topological polar surface area (TPSA) is 63.7 Å². The fraction of sp³-hybridized carbons (Fsp3) is 0.308. The number of sulfone groups is 1. The van der Waals surface area contributed by atoms with Crippen LogP contribution in [0.25, 0.3) is 0 Å².